The van der Waals surface area contributed by atoms with E-state index in [4.69, 9.17) is 0 Å². The molecule has 3 aromatic rings. The summed E-state index contributed by atoms with van der Waals surface area (Å²) in [5.41, 5.74) is 5.69. The highest BCUT2D eigenvalue weighted by molar-refractivity contribution is 5.81. The van der Waals surface area contributed by atoms with E-state index in [0.29, 0.717) is 6.54 Å². The molecule has 0 aliphatic carbocycles. The van der Waals surface area contributed by atoms with Crippen molar-refractivity contribution < 1.29 is 0 Å². The van der Waals surface area contributed by atoms with Crippen LogP contribution in [-0.2, 0) is 19.5 Å². The van der Waals surface area contributed by atoms with Gasteiger partial charge in [-0.1, -0.05) is 19.1 Å². The monoisotopic (exact) mass is 337 g/mol. The SMILES string of the molecule is CCc1cc2c(=O)n(Cc3ccc(N(C)C)cc3)c(C)cc2n1CC. The molecule has 0 bridgehead atoms. The molecule has 0 aliphatic rings. The standard InChI is InChI=1S/C21H27N3O/c1-6-17-13-19-20(23(17)7-2)12-15(3)24(21(19)25)14-16-8-10-18(11-9-16)22(4)5/h8-13H,6-7,14H2,1-5H3. The van der Waals surface area contributed by atoms with Gasteiger partial charge in [-0.3, -0.25) is 4.79 Å². The van der Waals surface area contributed by atoms with Crippen LogP contribution >= 0.6 is 0 Å². The average Bonchev–Trinajstić information content (AvgIpc) is 2.96. The second-order valence-electron chi connectivity index (χ2n) is 6.77. The number of hydrogen-bond acceptors (Lipinski definition) is 2. The molecule has 0 saturated carbocycles. The number of aromatic nitrogens is 2. The lowest BCUT2D eigenvalue weighted by atomic mass is 10.2. The van der Waals surface area contributed by atoms with Crippen LogP contribution in [0.15, 0.2) is 41.2 Å². The summed E-state index contributed by atoms with van der Waals surface area (Å²) in [6.07, 6.45) is 0.938. The molecule has 4 nitrogen and oxygen atoms in total. The quantitative estimate of drug-likeness (QED) is 0.709. The van der Waals surface area contributed by atoms with E-state index in [2.05, 4.69) is 59.7 Å². The van der Waals surface area contributed by atoms with E-state index in [1.807, 2.05) is 25.6 Å². The molecule has 0 saturated heterocycles. The van der Waals surface area contributed by atoms with Gasteiger partial charge in [0.15, 0.2) is 0 Å². The van der Waals surface area contributed by atoms with E-state index < -0.39 is 0 Å². The number of hydrogen-bond donors (Lipinski definition) is 0. The minimum Gasteiger partial charge on any atom is -0.378 e. The number of benzene rings is 1. The summed E-state index contributed by atoms with van der Waals surface area (Å²) in [6, 6.07) is 12.6. The highest BCUT2D eigenvalue weighted by atomic mass is 16.1. The van der Waals surface area contributed by atoms with Crippen molar-refractivity contribution in [3.05, 3.63) is 63.7 Å². The van der Waals surface area contributed by atoms with Crippen LogP contribution in [0.3, 0.4) is 0 Å². The van der Waals surface area contributed by atoms with E-state index in [9.17, 15) is 4.79 Å². The lowest BCUT2D eigenvalue weighted by Gasteiger charge is -2.14. The zero-order valence-electron chi connectivity index (χ0n) is 15.8. The summed E-state index contributed by atoms with van der Waals surface area (Å²) in [6.45, 7) is 7.78. The van der Waals surface area contributed by atoms with E-state index >= 15 is 0 Å². The predicted octanol–water partition coefficient (Wildman–Crippen LogP) is 3.81. The van der Waals surface area contributed by atoms with Crippen molar-refractivity contribution in [3.63, 3.8) is 0 Å². The van der Waals surface area contributed by atoms with Crippen LogP contribution in [0, 0.1) is 6.92 Å². The second kappa shape index (κ2) is 6.79. The Balaban J connectivity index is 2.06. The lowest BCUT2D eigenvalue weighted by Crippen LogP contribution is -2.23. The highest BCUT2D eigenvalue weighted by Gasteiger charge is 2.13. The minimum absolute atomic E-state index is 0.105. The molecule has 132 valence electrons. The van der Waals surface area contributed by atoms with Crippen LogP contribution in [0.4, 0.5) is 5.69 Å². The van der Waals surface area contributed by atoms with Crippen LogP contribution in [-0.4, -0.2) is 23.2 Å². The van der Waals surface area contributed by atoms with Gasteiger partial charge in [0.25, 0.3) is 5.56 Å². The normalized spacial score (nSPS) is 11.2. The summed E-state index contributed by atoms with van der Waals surface area (Å²) < 4.78 is 4.13. The fourth-order valence-corrected chi connectivity index (χ4v) is 3.47. The fourth-order valence-electron chi connectivity index (χ4n) is 3.47. The molecule has 2 heterocycles. The van der Waals surface area contributed by atoms with Crippen molar-refractivity contribution in [1.29, 1.82) is 0 Å². The average molecular weight is 337 g/mol. The summed E-state index contributed by atoms with van der Waals surface area (Å²) in [7, 11) is 4.06. The van der Waals surface area contributed by atoms with Crippen molar-refractivity contribution in [2.24, 2.45) is 0 Å². The maximum absolute atomic E-state index is 13.1. The van der Waals surface area contributed by atoms with Gasteiger partial charge in [-0.05, 0) is 50.1 Å². The maximum Gasteiger partial charge on any atom is 0.260 e. The molecule has 0 spiro atoms. The first kappa shape index (κ1) is 17.3. The molecule has 0 N–H and O–H groups in total. The zero-order valence-corrected chi connectivity index (χ0v) is 15.8. The lowest BCUT2D eigenvalue weighted by molar-refractivity contribution is 0.727. The largest absolute Gasteiger partial charge is 0.378 e. The Kier molecular flexibility index (Phi) is 4.71. The molecule has 3 rings (SSSR count). The number of aryl methyl sites for hydroxylation is 3. The van der Waals surface area contributed by atoms with Crippen molar-refractivity contribution in [1.82, 2.24) is 9.13 Å². The number of pyridine rings is 1. The van der Waals surface area contributed by atoms with Gasteiger partial charge in [-0.2, -0.15) is 0 Å². The van der Waals surface area contributed by atoms with Crippen molar-refractivity contribution >= 4 is 16.6 Å². The molecule has 0 radical (unpaired) electrons. The van der Waals surface area contributed by atoms with Crippen LogP contribution < -0.4 is 10.5 Å². The smallest absolute Gasteiger partial charge is 0.260 e. The van der Waals surface area contributed by atoms with Gasteiger partial charge in [-0.25, -0.2) is 0 Å². The Hall–Kier alpha value is -2.49. The molecule has 0 fully saturated rings. The number of fused-ring (bicyclic) bond motifs is 1. The van der Waals surface area contributed by atoms with Crippen LogP contribution in [0.1, 0.15) is 30.8 Å². The number of rotatable bonds is 5. The van der Waals surface area contributed by atoms with Crippen molar-refractivity contribution in [2.45, 2.75) is 40.3 Å². The van der Waals surface area contributed by atoms with E-state index in [1.165, 1.54) is 5.69 Å². The molecule has 0 amide bonds. The molecule has 0 unspecified atom stereocenters. The molecule has 0 aliphatic heterocycles. The first-order valence-electron chi connectivity index (χ1n) is 8.95. The van der Waals surface area contributed by atoms with Gasteiger partial charge in [0.1, 0.15) is 0 Å². The van der Waals surface area contributed by atoms with E-state index in [0.717, 1.165) is 40.8 Å². The first-order chi connectivity index (χ1) is 12.0. The van der Waals surface area contributed by atoms with Crippen molar-refractivity contribution in [3.8, 4) is 0 Å². The van der Waals surface area contributed by atoms with Gasteiger partial charge in [0.05, 0.1) is 17.4 Å². The molecule has 1 aromatic carbocycles. The van der Waals surface area contributed by atoms with E-state index in [-0.39, 0.29) is 5.56 Å². The second-order valence-corrected chi connectivity index (χ2v) is 6.77. The molecule has 0 atom stereocenters. The Morgan fingerprint density at radius 3 is 2.24 bits per heavy atom. The summed E-state index contributed by atoms with van der Waals surface area (Å²) in [5.74, 6) is 0. The third-order valence-electron chi connectivity index (χ3n) is 4.94. The van der Waals surface area contributed by atoms with Gasteiger partial charge in [0, 0.05) is 37.7 Å². The van der Waals surface area contributed by atoms with Gasteiger partial charge in [-0.15, -0.1) is 0 Å². The van der Waals surface area contributed by atoms with Crippen LogP contribution in [0.25, 0.3) is 10.9 Å². The first-order valence-corrected chi connectivity index (χ1v) is 8.95. The number of nitrogens with zero attached hydrogens (tertiary/aromatic N) is 3. The Morgan fingerprint density at radius 1 is 1.00 bits per heavy atom. The summed E-state index contributed by atoms with van der Waals surface area (Å²) >= 11 is 0. The minimum atomic E-state index is 0.105. The van der Waals surface area contributed by atoms with Gasteiger partial charge in [0.2, 0.25) is 0 Å². The van der Waals surface area contributed by atoms with Crippen molar-refractivity contribution in [2.75, 3.05) is 19.0 Å². The predicted molar refractivity (Wildman–Crippen MR) is 106 cm³/mol. The molecular weight excluding hydrogens is 310 g/mol. The van der Waals surface area contributed by atoms with Gasteiger partial charge < -0.3 is 14.0 Å². The third kappa shape index (κ3) is 3.09. The zero-order chi connectivity index (χ0) is 18.1. The highest BCUT2D eigenvalue weighted by Crippen LogP contribution is 2.20. The Bertz CT molecular complexity index is 946. The fraction of sp³-hybridized carbons (Fsp3) is 0.381. The topological polar surface area (TPSA) is 30.2 Å². The van der Waals surface area contributed by atoms with Gasteiger partial charge >= 0.3 is 0 Å². The van der Waals surface area contributed by atoms with Crippen LogP contribution in [0.5, 0.6) is 0 Å². The maximum atomic E-state index is 13.1. The molecular formula is C21H27N3O. The molecule has 4 heteroatoms. The third-order valence-corrected chi connectivity index (χ3v) is 4.94. The summed E-state index contributed by atoms with van der Waals surface area (Å²) in [5, 5.41) is 0.828. The molecule has 25 heavy (non-hydrogen) atoms. The Morgan fingerprint density at radius 2 is 1.68 bits per heavy atom. The summed E-state index contributed by atoms with van der Waals surface area (Å²) in [4.78, 5) is 15.1. The van der Waals surface area contributed by atoms with Crippen LogP contribution in [0.2, 0.25) is 0 Å². The Labute approximate surface area is 149 Å². The molecule has 2 aromatic heterocycles. The number of anilines is 1. The van der Waals surface area contributed by atoms with E-state index in [1.54, 1.807) is 0 Å².